The van der Waals surface area contributed by atoms with Gasteiger partial charge in [-0.3, -0.25) is 4.79 Å². The highest BCUT2D eigenvalue weighted by molar-refractivity contribution is 5.81. The molecule has 0 aromatic heterocycles. The second-order valence-corrected chi connectivity index (χ2v) is 4.22. The maximum Gasteiger partial charge on any atom is 0.263 e. The van der Waals surface area contributed by atoms with Crippen LogP contribution in [0.25, 0.3) is 0 Å². The van der Waals surface area contributed by atoms with Crippen molar-refractivity contribution in [2.75, 3.05) is 13.7 Å². The van der Waals surface area contributed by atoms with E-state index in [-0.39, 0.29) is 5.91 Å². The van der Waals surface area contributed by atoms with Crippen LogP contribution in [0.2, 0.25) is 0 Å². The van der Waals surface area contributed by atoms with E-state index in [4.69, 9.17) is 9.47 Å². The quantitative estimate of drug-likeness (QED) is 0.819. The summed E-state index contributed by atoms with van der Waals surface area (Å²) in [6.45, 7) is 2.93. The molecule has 0 aliphatic carbocycles. The number of carbonyl (C=O) groups is 1. The van der Waals surface area contributed by atoms with Crippen molar-refractivity contribution in [2.24, 2.45) is 0 Å². The molecule has 0 N–H and O–H groups in total. The Balaban J connectivity index is 2.06. The molecule has 0 saturated carbocycles. The summed E-state index contributed by atoms with van der Waals surface area (Å²) in [6, 6.07) is 7.72. The van der Waals surface area contributed by atoms with Crippen LogP contribution in [0.3, 0.4) is 0 Å². The summed E-state index contributed by atoms with van der Waals surface area (Å²) in [6.07, 6.45) is 3.03. The van der Waals surface area contributed by atoms with Gasteiger partial charge in [0.1, 0.15) is 5.75 Å². The zero-order valence-electron chi connectivity index (χ0n) is 10.6. The Morgan fingerprint density at radius 3 is 2.78 bits per heavy atom. The molecule has 1 atom stereocenters. The Morgan fingerprint density at radius 2 is 2.11 bits per heavy atom. The van der Waals surface area contributed by atoms with E-state index in [1.54, 1.807) is 25.2 Å². The molecule has 4 heteroatoms. The topological polar surface area (TPSA) is 38.8 Å². The minimum atomic E-state index is -0.415. The smallest absolute Gasteiger partial charge is 0.263 e. The molecule has 18 heavy (non-hydrogen) atoms. The maximum absolute atomic E-state index is 12.0. The Bertz CT molecular complexity index is 439. The summed E-state index contributed by atoms with van der Waals surface area (Å²) in [5.41, 5.74) is 1.08. The standard InChI is InChI=1S/C14H17NO3/c1-11-14(16)15(8-3-9-18-11)10-12-4-6-13(17-2)7-5-12/h3-7,9,11H,8,10H2,1-2H3/t11-/m1/s1. The fourth-order valence-electron chi connectivity index (χ4n) is 1.84. The molecule has 1 aromatic carbocycles. The van der Waals surface area contributed by atoms with E-state index in [0.717, 1.165) is 11.3 Å². The van der Waals surface area contributed by atoms with Crippen molar-refractivity contribution in [2.45, 2.75) is 19.6 Å². The number of hydrogen-bond donors (Lipinski definition) is 0. The second-order valence-electron chi connectivity index (χ2n) is 4.22. The van der Waals surface area contributed by atoms with E-state index >= 15 is 0 Å². The molecular weight excluding hydrogens is 230 g/mol. The van der Waals surface area contributed by atoms with Crippen molar-refractivity contribution in [3.05, 3.63) is 42.2 Å². The van der Waals surface area contributed by atoms with Crippen LogP contribution in [0.15, 0.2) is 36.6 Å². The lowest BCUT2D eigenvalue weighted by molar-refractivity contribution is -0.138. The Kier molecular flexibility index (Phi) is 3.87. The zero-order chi connectivity index (χ0) is 13.0. The predicted molar refractivity (Wildman–Crippen MR) is 68.1 cm³/mol. The van der Waals surface area contributed by atoms with Crippen LogP contribution in [-0.2, 0) is 16.1 Å². The molecule has 0 spiro atoms. The lowest BCUT2D eigenvalue weighted by Crippen LogP contribution is -2.36. The van der Waals surface area contributed by atoms with E-state index in [0.29, 0.717) is 13.1 Å². The van der Waals surface area contributed by atoms with E-state index in [2.05, 4.69) is 0 Å². The van der Waals surface area contributed by atoms with Crippen molar-refractivity contribution in [3.63, 3.8) is 0 Å². The number of benzene rings is 1. The van der Waals surface area contributed by atoms with E-state index in [9.17, 15) is 4.79 Å². The summed E-state index contributed by atoms with van der Waals surface area (Å²) < 4.78 is 10.3. The van der Waals surface area contributed by atoms with Gasteiger partial charge in [0, 0.05) is 13.1 Å². The van der Waals surface area contributed by atoms with Gasteiger partial charge in [-0.15, -0.1) is 0 Å². The summed E-state index contributed by atoms with van der Waals surface area (Å²) in [4.78, 5) is 13.8. The highest BCUT2D eigenvalue weighted by atomic mass is 16.5. The second kappa shape index (κ2) is 5.58. The largest absolute Gasteiger partial charge is 0.497 e. The number of hydrogen-bond acceptors (Lipinski definition) is 3. The first-order valence-corrected chi connectivity index (χ1v) is 5.93. The minimum absolute atomic E-state index is 0.0100. The Labute approximate surface area is 107 Å². The third-order valence-corrected chi connectivity index (χ3v) is 2.90. The summed E-state index contributed by atoms with van der Waals surface area (Å²) in [5.74, 6) is 0.827. The van der Waals surface area contributed by atoms with Crippen LogP contribution >= 0.6 is 0 Å². The summed E-state index contributed by atoms with van der Waals surface area (Å²) in [5, 5.41) is 0. The molecule has 2 rings (SSSR count). The van der Waals surface area contributed by atoms with Crippen LogP contribution < -0.4 is 4.74 Å². The maximum atomic E-state index is 12.0. The Hall–Kier alpha value is -1.97. The molecule has 0 unspecified atom stereocenters. The highest BCUT2D eigenvalue weighted by Crippen LogP contribution is 2.15. The predicted octanol–water partition coefficient (Wildman–Crippen LogP) is 1.96. The molecule has 0 saturated heterocycles. The van der Waals surface area contributed by atoms with Crippen molar-refractivity contribution < 1.29 is 14.3 Å². The average molecular weight is 247 g/mol. The molecule has 0 radical (unpaired) electrons. The van der Waals surface area contributed by atoms with Crippen LogP contribution in [-0.4, -0.2) is 30.6 Å². The van der Waals surface area contributed by atoms with Crippen molar-refractivity contribution in [1.29, 1.82) is 0 Å². The number of rotatable bonds is 3. The molecular formula is C14H17NO3. The minimum Gasteiger partial charge on any atom is -0.497 e. The zero-order valence-corrected chi connectivity index (χ0v) is 10.6. The molecule has 1 aromatic rings. The van der Waals surface area contributed by atoms with Gasteiger partial charge >= 0.3 is 0 Å². The number of ether oxygens (including phenoxy) is 2. The molecule has 4 nitrogen and oxygen atoms in total. The number of methoxy groups -OCH3 is 1. The van der Waals surface area contributed by atoms with E-state index in [1.165, 1.54) is 0 Å². The molecule has 0 bridgehead atoms. The van der Waals surface area contributed by atoms with Crippen molar-refractivity contribution in [1.82, 2.24) is 4.90 Å². The van der Waals surface area contributed by atoms with Crippen LogP contribution in [0.4, 0.5) is 0 Å². The van der Waals surface area contributed by atoms with Crippen LogP contribution in [0.5, 0.6) is 5.75 Å². The fraction of sp³-hybridized carbons (Fsp3) is 0.357. The first-order valence-electron chi connectivity index (χ1n) is 5.93. The highest BCUT2D eigenvalue weighted by Gasteiger charge is 2.22. The van der Waals surface area contributed by atoms with Gasteiger partial charge in [0.15, 0.2) is 6.10 Å². The van der Waals surface area contributed by atoms with E-state index in [1.807, 2.05) is 30.3 Å². The number of amides is 1. The Morgan fingerprint density at radius 1 is 1.39 bits per heavy atom. The number of carbonyl (C=O) groups excluding carboxylic acids is 1. The van der Waals surface area contributed by atoms with Gasteiger partial charge in [-0.1, -0.05) is 12.1 Å². The van der Waals surface area contributed by atoms with Gasteiger partial charge in [0.2, 0.25) is 0 Å². The number of nitrogens with zero attached hydrogens (tertiary/aromatic N) is 1. The van der Waals surface area contributed by atoms with Gasteiger partial charge in [-0.25, -0.2) is 0 Å². The van der Waals surface area contributed by atoms with Gasteiger partial charge < -0.3 is 14.4 Å². The first-order chi connectivity index (χ1) is 8.70. The molecule has 1 aliphatic rings. The fourth-order valence-corrected chi connectivity index (χ4v) is 1.84. The first kappa shape index (κ1) is 12.5. The van der Waals surface area contributed by atoms with Crippen molar-refractivity contribution in [3.8, 4) is 5.75 Å². The lowest BCUT2D eigenvalue weighted by Gasteiger charge is -2.22. The molecule has 1 amide bonds. The lowest BCUT2D eigenvalue weighted by atomic mass is 10.2. The summed E-state index contributed by atoms with van der Waals surface area (Å²) in [7, 11) is 1.64. The average Bonchev–Trinajstić information content (AvgIpc) is 2.55. The normalized spacial score (nSPS) is 19.3. The van der Waals surface area contributed by atoms with Gasteiger partial charge in [-0.2, -0.15) is 0 Å². The molecule has 1 heterocycles. The monoisotopic (exact) mass is 247 g/mol. The third kappa shape index (κ3) is 2.83. The molecule has 1 aliphatic heterocycles. The third-order valence-electron chi connectivity index (χ3n) is 2.90. The van der Waals surface area contributed by atoms with Gasteiger partial charge in [-0.05, 0) is 30.7 Å². The van der Waals surface area contributed by atoms with Crippen molar-refractivity contribution >= 4 is 5.91 Å². The summed E-state index contributed by atoms with van der Waals surface area (Å²) >= 11 is 0. The van der Waals surface area contributed by atoms with Crippen LogP contribution in [0, 0.1) is 0 Å². The van der Waals surface area contributed by atoms with E-state index < -0.39 is 6.10 Å². The SMILES string of the molecule is COc1ccc(CN2CC=CO[C@H](C)C2=O)cc1. The molecule has 96 valence electrons. The van der Waals surface area contributed by atoms with Gasteiger partial charge in [0.25, 0.3) is 5.91 Å². The van der Waals surface area contributed by atoms with Crippen LogP contribution in [0.1, 0.15) is 12.5 Å². The molecule has 0 fully saturated rings. The van der Waals surface area contributed by atoms with Gasteiger partial charge in [0.05, 0.1) is 13.4 Å².